The molecule has 2 atom stereocenters. The van der Waals surface area contributed by atoms with E-state index in [4.69, 9.17) is 0 Å². The van der Waals surface area contributed by atoms with E-state index < -0.39 is 6.10 Å². The van der Waals surface area contributed by atoms with Crippen molar-refractivity contribution in [3.8, 4) is 0 Å². The maximum Gasteiger partial charge on any atom is 3.00 e. The van der Waals surface area contributed by atoms with Gasteiger partial charge in [0, 0.05) is 11.8 Å². The predicted octanol–water partition coefficient (Wildman–Crippen LogP) is -5.02. The van der Waals surface area contributed by atoms with E-state index in [0.29, 0.717) is 0 Å². The fourth-order valence-electron chi connectivity index (χ4n) is 3.37. The minimum Gasteiger partial charge on any atom is -1.00 e. The van der Waals surface area contributed by atoms with E-state index in [9.17, 15) is 5.11 Å². The summed E-state index contributed by atoms with van der Waals surface area (Å²) in [7, 11) is 0. The van der Waals surface area contributed by atoms with E-state index in [2.05, 4.69) is 48.6 Å². The van der Waals surface area contributed by atoms with Gasteiger partial charge in [-0.15, -0.1) is 0 Å². The van der Waals surface area contributed by atoms with E-state index in [0.717, 1.165) is 0 Å². The molecule has 4 rings (SSSR count). The van der Waals surface area contributed by atoms with Crippen molar-refractivity contribution in [1.29, 1.82) is 0 Å². The summed E-state index contributed by atoms with van der Waals surface area (Å²) in [5.74, 6) is 0.180. The van der Waals surface area contributed by atoms with Gasteiger partial charge < -0.3 is 42.3 Å². The first kappa shape index (κ1) is 23.6. The second kappa shape index (κ2) is 9.95. The Bertz CT molecular complexity index is 669. The van der Waals surface area contributed by atoms with Crippen LogP contribution in [0.2, 0.25) is 0 Å². The molecule has 123 valence electrons. The summed E-state index contributed by atoms with van der Waals surface area (Å²) in [4.78, 5) is 0. The maximum absolute atomic E-state index is 10.8. The van der Waals surface area contributed by atoms with Crippen LogP contribution in [0.15, 0.2) is 60.7 Å². The third-order valence-corrected chi connectivity index (χ3v) is 4.41. The Morgan fingerprint density at radius 3 is 1.46 bits per heavy atom. The molecule has 0 amide bonds. The van der Waals surface area contributed by atoms with Crippen LogP contribution in [0.25, 0.3) is 12.2 Å². The number of hydrogen-bond donors (Lipinski definition) is 1. The fraction of sp³-hybridized carbons (Fsp3) is 0.158. The molecule has 1 nitrogen and oxygen atoms in total. The molecule has 1 N–H and O–H groups in total. The average molecular weight is 458 g/mol. The van der Waals surface area contributed by atoms with Crippen molar-refractivity contribution in [2.45, 2.75) is 17.9 Å². The molecule has 2 unspecified atom stereocenters. The van der Waals surface area contributed by atoms with E-state index in [1.54, 1.807) is 0 Å². The molecule has 0 saturated carbocycles. The van der Waals surface area contributed by atoms with Crippen LogP contribution in [0.1, 0.15) is 34.1 Å². The van der Waals surface area contributed by atoms with Crippen LogP contribution in [0.3, 0.4) is 0 Å². The molecule has 2 aliphatic rings. The van der Waals surface area contributed by atoms with Crippen molar-refractivity contribution in [2.24, 2.45) is 0 Å². The monoisotopic (exact) mass is 455 g/mol. The molecule has 0 heterocycles. The maximum atomic E-state index is 10.8. The number of aliphatic hydroxyl groups is 1. The number of fused-ring (bicyclic) bond motifs is 2. The van der Waals surface area contributed by atoms with Crippen LogP contribution in [0.5, 0.6) is 0 Å². The van der Waals surface area contributed by atoms with Gasteiger partial charge in [-0.25, -0.2) is 0 Å². The van der Waals surface area contributed by atoms with Crippen molar-refractivity contribution in [1.82, 2.24) is 0 Å². The van der Waals surface area contributed by atoms with Gasteiger partial charge in [-0.2, -0.15) is 0 Å². The zero-order chi connectivity index (χ0) is 13.5. The average Bonchev–Trinajstić information content (AvgIpc) is 3.11. The summed E-state index contributed by atoms with van der Waals surface area (Å²) in [5, 5.41) is 10.8. The Balaban J connectivity index is 0.00000132. The minimum atomic E-state index is -0.408. The fourth-order valence-corrected chi connectivity index (χ4v) is 3.37. The quantitative estimate of drug-likeness (QED) is 0.479. The van der Waals surface area contributed by atoms with Crippen LogP contribution >= 0.6 is 0 Å². The number of rotatable bonds is 2. The number of halogens is 3. The summed E-state index contributed by atoms with van der Waals surface area (Å²) in [5.41, 5.74) is 4.93. The van der Waals surface area contributed by atoms with Gasteiger partial charge in [0.15, 0.2) is 0 Å². The Morgan fingerprint density at radius 1 is 0.667 bits per heavy atom. The molecule has 1 radical (unpaired) electrons. The van der Waals surface area contributed by atoms with Gasteiger partial charge in [-0.05, 0) is 22.3 Å². The van der Waals surface area contributed by atoms with E-state index >= 15 is 0 Å². The summed E-state index contributed by atoms with van der Waals surface area (Å²) in [6.45, 7) is 0. The molecule has 0 aromatic heterocycles. The molecule has 5 heteroatoms. The zero-order valence-electron chi connectivity index (χ0n) is 12.7. The Morgan fingerprint density at radius 2 is 1.04 bits per heavy atom. The van der Waals surface area contributed by atoms with Gasteiger partial charge in [-0.1, -0.05) is 72.8 Å². The van der Waals surface area contributed by atoms with Crippen molar-refractivity contribution >= 4 is 12.2 Å². The summed E-state index contributed by atoms with van der Waals surface area (Å²) in [6.07, 6.45) is 8.09. The van der Waals surface area contributed by atoms with Crippen molar-refractivity contribution in [2.75, 3.05) is 0 Å². The molecule has 0 bridgehead atoms. The van der Waals surface area contributed by atoms with E-state index in [1.165, 1.54) is 22.3 Å². The zero-order valence-corrected chi connectivity index (χ0v) is 17.5. The largest absolute Gasteiger partial charge is 3.00 e. The van der Waals surface area contributed by atoms with Crippen molar-refractivity contribution in [3.63, 3.8) is 0 Å². The Kier molecular flexibility index (Phi) is 9.79. The van der Waals surface area contributed by atoms with E-state index in [1.807, 2.05) is 24.3 Å². The molecule has 0 saturated heterocycles. The molecule has 24 heavy (non-hydrogen) atoms. The van der Waals surface area contributed by atoms with Crippen LogP contribution in [-0.4, -0.2) is 11.2 Å². The van der Waals surface area contributed by atoms with Crippen molar-refractivity contribution < 1.29 is 68.5 Å². The van der Waals surface area contributed by atoms with E-state index in [-0.39, 0.29) is 75.3 Å². The molecule has 0 spiro atoms. The normalized spacial score (nSPS) is 19.7. The molecule has 2 aromatic rings. The van der Waals surface area contributed by atoms with Gasteiger partial charge in [0.2, 0.25) is 0 Å². The van der Waals surface area contributed by atoms with Crippen LogP contribution in [-0.2, 0) is 26.2 Å². The van der Waals surface area contributed by atoms with Gasteiger partial charge in [0.05, 0.1) is 6.10 Å². The van der Waals surface area contributed by atoms with Gasteiger partial charge >= 0.3 is 26.2 Å². The van der Waals surface area contributed by atoms with Crippen LogP contribution in [0, 0.1) is 0 Å². The smallest absolute Gasteiger partial charge is 1.00 e. The second-order valence-electron chi connectivity index (χ2n) is 5.52. The summed E-state index contributed by atoms with van der Waals surface area (Å²) in [6, 6.07) is 16.6. The molecule has 0 aliphatic heterocycles. The van der Waals surface area contributed by atoms with Crippen LogP contribution < -0.4 is 37.2 Å². The Labute approximate surface area is 180 Å². The standard InChI is InChI=1S/C19H16O.3ClH.Zr/c20-19(17-11-9-13-5-1-3-7-15(13)17)18-12-10-14-6-2-4-8-16(14)18;;;;/h1-12,17-20H;3*1H;/q;;;;+3/p-3. The molecular formula is C19H16Cl3OZr. The molecular weight excluding hydrogens is 442 g/mol. The first-order chi connectivity index (χ1) is 9.84. The SMILES string of the molecule is OC(C1C=Cc2ccccc21)C1C=Cc2ccccc21.[Cl-].[Cl-].[Cl-].[Zr+3]. The van der Waals surface area contributed by atoms with Gasteiger partial charge in [0.1, 0.15) is 0 Å². The Hall–Kier alpha value is -0.367. The predicted molar refractivity (Wildman–Crippen MR) is 82.4 cm³/mol. The second-order valence-corrected chi connectivity index (χ2v) is 5.52. The molecule has 0 fully saturated rings. The van der Waals surface area contributed by atoms with Gasteiger partial charge in [0.25, 0.3) is 0 Å². The summed E-state index contributed by atoms with van der Waals surface area (Å²) < 4.78 is 0. The molecule has 2 aromatic carbocycles. The topological polar surface area (TPSA) is 20.2 Å². The minimum absolute atomic E-state index is 0. The number of benzene rings is 2. The molecule has 2 aliphatic carbocycles. The van der Waals surface area contributed by atoms with Crippen LogP contribution in [0.4, 0.5) is 0 Å². The first-order valence-corrected chi connectivity index (χ1v) is 7.07. The van der Waals surface area contributed by atoms with Crippen molar-refractivity contribution in [3.05, 3.63) is 82.9 Å². The number of aliphatic hydroxyl groups excluding tert-OH is 1. The first-order valence-electron chi connectivity index (χ1n) is 7.07. The third kappa shape index (κ3) is 4.06. The third-order valence-electron chi connectivity index (χ3n) is 4.41. The number of hydrogen-bond acceptors (Lipinski definition) is 1. The van der Waals surface area contributed by atoms with Gasteiger partial charge in [-0.3, -0.25) is 0 Å². The summed E-state index contributed by atoms with van der Waals surface area (Å²) >= 11 is 0.